The van der Waals surface area contributed by atoms with Crippen molar-refractivity contribution in [3.63, 3.8) is 0 Å². The van der Waals surface area contributed by atoms with Crippen molar-refractivity contribution in [1.29, 1.82) is 0 Å². The molecule has 27 heavy (non-hydrogen) atoms. The number of aromatic nitrogens is 1. The van der Waals surface area contributed by atoms with Gasteiger partial charge in [0.15, 0.2) is 5.13 Å². The van der Waals surface area contributed by atoms with Gasteiger partial charge in [-0.05, 0) is 49.7 Å². The highest BCUT2D eigenvalue weighted by atomic mass is 35.5. The quantitative estimate of drug-likeness (QED) is 0.573. The number of carbonyl (C=O) groups is 1. The fourth-order valence-corrected chi connectivity index (χ4v) is 3.11. The molecule has 140 valence electrons. The normalized spacial score (nSPS) is 10.7. The van der Waals surface area contributed by atoms with E-state index in [1.54, 1.807) is 29.8 Å². The molecule has 0 aliphatic carbocycles. The van der Waals surface area contributed by atoms with Gasteiger partial charge in [0.25, 0.3) is 5.91 Å². The average molecular weight is 403 g/mol. The van der Waals surface area contributed by atoms with Gasteiger partial charge in [0.05, 0.1) is 11.7 Å². The van der Waals surface area contributed by atoms with Crippen LogP contribution in [0.1, 0.15) is 29.8 Å². The van der Waals surface area contributed by atoms with Gasteiger partial charge in [0.1, 0.15) is 18.1 Å². The van der Waals surface area contributed by atoms with Crippen molar-refractivity contribution < 1.29 is 14.3 Å². The van der Waals surface area contributed by atoms with Crippen molar-refractivity contribution in [3.8, 4) is 11.5 Å². The molecule has 0 radical (unpaired) electrons. The van der Waals surface area contributed by atoms with Crippen molar-refractivity contribution in [2.75, 3.05) is 5.32 Å². The summed E-state index contributed by atoms with van der Waals surface area (Å²) in [5.41, 5.74) is 1.33. The third kappa shape index (κ3) is 5.45. The summed E-state index contributed by atoms with van der Waals surface area (Å²) < 4.78 is 11.6. The predicted molar refractivity (Wildman–Crippen MR) is 108 cm³/mol. The maximum atomic E-state index is 12.7. The monoisotopic (exact) mass is 402 g/mol. The number of nitrogens with zero attached hydrogens (tertiary/aromatic N) is 1. The number of hydrogen-bond acceptors (Lipinski definition) is 5. The number of thiazole rings is 1. The molecular weight excluding hydrogens is 384 g/mol. The highest BCUT2D eigenvalue weighted by molar-refractivity contribution is 7.13. The topological polar surface area (TPSA) is 60.5 Å². The van der Waals surface area contributed by atoms with E-state index in [9.17, 15) is 4.79 Å². The molecule has 3 aromatic rings. The van der Waals surface area contributed by atoms with Crippen molar-refractivity contribution in [3.05, 3.63) is 70.2 Å². The zero-order valence-electron chi connectivity index (χ0n) is 14.9. The van der Waals surface area contributed by atoms with E-state index >= 15 is 0 Å². The second-order valence-corrected chi connectivity index (χ2v) is 7.37. The minimum atomic E-state index is -0.297. The van der Waals surface area contributed by atoms with Crippen molar-refractivity contribution in [1.82, 2.24) is 4.98 Å². The van der Waals surface area contributed by atoms with E-state index in [0.29, 0.717) is 33.8 Å². The lowest BCUT2D eigenvalue weighted by atomic mass is 10.1. The third-order valence-electron chi connectivity index (χ3n) is 3.51. The number of benzene rings is 2. The van der Waals surface area contributed by atoms with Crippen LogP contribution in [0.5, 0.6) is 11.5 Å². The van der Waals surface area contributed by atoms with Crippen LogP contribution in [-0.2, 0) is 6.61 Å². The van der Waals surface area contributed by atoms with Crippen molar-refractivity contribution in [2.45, 2.75) is 26.6 Å². The Bertz CT molecular complexity index is 913. The van der Waals surface area contributed by atoms with Gasteiger partial charge < -0.3 is 9.47 Å². The third-order valence-corrected chi connectivity index (χ3v) is 4.43. The Labute approximate surface area is 166 Å². The Kier molecular flexibility index (Phi) is 6.32. The Morgan fingerprint density at radius 1 is 1.26 bits per heavy atom. The number of halogens is 1. The summed E-state index contributed by atoms with van der Waals surface area (Å²) in [7, 11) is 0. The first kappa shape index (κ1) is 19.2. The van der Waals surface area contributed by atoms with Crippen molar-refractivity contribution in [2.24, 2.45) is 0 Å². The van der Waals surface area contributed by atoms with Gasteiger partial charge >= 0.3 is 0 Å². The molecule has 0 unspecified atom stereocenters. The number of carbonyl (C=O) groups excluding carboxylic acids is 1. The zero-order chi connectivity index (χ0) is 19.2. The SMILES string of the molecule is CC(C)Oc1ccc(OCc2cccc(Cl)c2)cc1C(=O)Nc1nccs1. The van der Waals surface area contributed by atoms with E-state index in [-0.39, 0.29) is 12.0 Å². The van der Waals surface area contributed by atoms with E-state index in [2.05, 4.69) is 10.3 Å². The Morgan fingerprint density at radius 2 is 2.11 bits per heavy atom. The van der Waals surface area contributed by atoms with Crippen LogP contribution in [0, 0.1) is 0 Å². The van der Waals surface area contributed by atoms with Crippen LogP contribution in [0.2, 0.25) is 5.02 Å². The zero-order valence-corrected chi connectivity index (χ0v) is 16.5. The minimum absolute atomic E-state index is 0.0605. The largest absolute Gasteiger partial charge is 0.490 e. The molecule has 0 fully saturated rings. The van der Waals surface area contributed by atoms with Gasteiger partial charge in [-0.3, -0.25) is 10.1 Å². The molecule has 5 nitrogen and oxygen atoms in total. The number of hydrogen-bond donors (Lipinski definition) is 1. The number of amides is 1. The number of ether oxygens (including phenoxy) is 2. The molecule has 0 saturated heterocycles. The lowest BCUT2D eigenvalue weighted by Crippen LogP contribution is -2.16. The molecule has 0 atom stereocenters. The molecule has 0 spiro atoms. The van der Waals surface area contributed by atoms with E-state index in [1.807, 2.05) is 38.1 Å². The summed E-state index contributed by atoms with van der Waals surface area (Å²) in [6.07, 6.45) is 1.57. The maximum Gasteiger partial charge on any atom is 0.261 e. The Balaban J connectivity index is 1.80. The first-order chi connectivity index (χ1) is 13.0. The lowest BCUT2D eigenvalue weighted by molar-refractivity contribution is 0.102. The molecule has 0 aliphatic rings. The highest BCUT2D eigenvalue weighted by Crippen LogP contribution is 2.27. The first-order valence-corrected chi connectivity index (χ1v) is 9.66. The van der Waals surface area contributed by atoms with Gasteiger partial charge in [-0.25, -0.2) is 4.98 Å². The van der Waals surface area contributed by atoms with Gasteiger partial charge in [-0.2, -0.15) is 0 Å². The number of anilines is 1. The van der Waals surface area contributed by atoms with E-state index in [1.165, 1.54) is 11.3 Å². The van der Waals surface area contributed by atoms with Crippen LogP contribution in [0.25, 0.3) is 0 Å². The summed E-state index contributed by atoms with van der Waals surface area (Å²) in [6.45, 7) is 4.16. The smallest absolute Gasteiger partial charge is 0.261 e. The summed E-state index contributed by atoms with van der Waals surface area (Å²) >= 11 is 7.35. The van der Waals surface area contributed by atoms with Gasteiger partial charge in [-0.1, -0.05) is 23.7 Å². The van der Waals surface area contributed by atoms with Gasteiger partial charge in [0, 0.05) is 16.6 Å². The first-order valence-electron chi connectivity index (χ1n) is 8.40. The van der Waals surface area contributed by atoms with Crippen LogP contribution in [0.15, 0.2) is 54.0 Å². The second kappa shape index (κ2) is 8.88. The fourth-order valence-electron chi connectivity index (χ4n) is 2.38. The van der Waals surface area contributed by atoms with E-state index < -0.39 is 0 Å². The fraction of sp³-hybridized carbons (Fsp3) is 0.200. The molecule has 2 aromatic carbocycles. The molecule has 1 amide bonds. The highest BCUT2D eigenvalue weighted by Gasteiger charge is 2.16. The average Bonchev–Trinajstić information content (AvgIpc) is 3.13. The van der Waals surface area contributed by atoms with Gasteiger partial charge in [0.2, 0.25) is 0 Å². The molecule has 0 saturated carbocycles. The minimum Gasteiger partial charge on any atom is -0.490 e. The van der Waals surface area contributed by atoms with Crippen LogP contribution in [0.4, 0.5) is 5.13 Å². The molecule has 3 rings (SSSR count). The Hall–Kier alpha value is -2.57. The molecule has 1 N–H and O–H groups in total. The molecule has 1 heterocycles. The second-order valence-electron chi connectivity index (χ2n) is 6.03. The molecule has 0 bridgehead atoms. The predicted octanol–water partition coefficient (Wildman–Crippen LogP) is 5.42. The summed E-state index contributed by atoms with van der Waals surface area (Å²) in [6, 6.07) is 12.6. The molecule has 1 aromatic heterocycles. The molecule has 0 aliphatic heterocycles. The van der Waals surface area contributed by atoms with E-state index in [4.69, 9.17) is 21.1 Å². The molecular formula is C20H19ClN2O3S. The van der Waals surface area contributed by atoms with Crippen LogP contribution in [0.3, 0.4) is 0 Å². The van der Waals surface area contributed by atoms with Gasteiger partial charge in [-0.15, -0.1) is 11.3 Å². The standard InChI is InChI=1S/C20H19ClN2O3S/c1-13(2)26-18-7-6-16(25-12-14-4-3-5-15(21)10-14)11-17(18)19(24)23-20-22-8-9-27-20/h3-11,13H,12H2,1-2H3,(H,22,23,24). The van der Waals surface area contributed by atoms with Crippen molar-refractivity contribution >= 4 is 34.0 Å². The Morgan fingerprint density at radius 3 is 2.81 bits per heavy atom. The summed E-state index contributed by atoms with van der Waals surface area (Å²) in [4.78, 5) is 16.8. The van der Waals surface area contributed by atoms with Crippen LogP contribution >= 0.6 is 22.9 Å². The molecule has 7 heteroatoms. The lowest BCUT2D eigenvalue weighted by Gasteiger charge is -2.15. The van der Waals surface area contributed by atoms with Crippen LogP contribution in [-0.4, -0.2) is 17.0 Å². The number of nitrogens with one attached hydrogen (secondary N) is 1. The summed E-state index contributed by atoms with van der Waals surface area (Å²) in [5.74, 6) is 0.762. The maximum absolute atomic E-state index is 12.7. The summed E-state index contributed by atoms with van der Waals surface area (Å²) in [5, 5.41) is 5.75. The van der Waals surface area contributed by atoms with E-state index in [0.717, 1.165) is 5.56 Å². The van der Waals surface area contributed by atoms with Crippen LogP contribution < -0.4 is 14.8 Å². The number of rotatable bonds is 7.